The van der Waals surface area contributed by atoms with Crippen LogP contribution < -0.4 is 11.5 Å². The minimum absolute atomic E-state index is 0.782. The van der Waals surface area contributed by atoms with Crippen LogP contribution in [-0.2, 0) is 9.59 Å². The fourth-order valence-electron chi connectivity index (χ4n) is 1.35. The van der Waals surface area contributed by atoms with E-state index in [0.29, 0.717) is 0 Å². The van der Waals surface area contributed by atoms with Crippen LogP contribution in [-0.4, -0.2) is 22.2 Å². The summed E-state index contributed by atoms with van der Waals surface area (Å²) >= 11 is 0. The fourth-order valence-corrected chi connectivity index (χ4v) is 1.35. The summed E-state index contributed by atoms with van der Waals surface area (Å²) < 4.78 is 0. The first kappa shape index (κ1) is 15.0. The monoisotopic (exact) mass is 274 g/mol. The Morgan fingerprint density at radius 1 is 0.650 bits per heavy atom. The molecule has 0 unspecified atom stereocenters. The minimum atomic E-state index is -1.82. The molecule has 0 fully saturated rings. The highest BCUT2D eigenvalue weighted by atomic mass is 16.4. The van der Waals surface area contributed by atoms with Crippen LogP contribution in [0.2, 0.25) is 0 Å². The molecule has 0 aromatic heterocycles. The summed E-state index contributed by atoms with van der Waals surface area (Å²) in [7, 11) is 0. The number of carboxylic acid groups (broad SMARTS) is 2. The van der Waals surface area contributed by atoms with Crippen LogP contribution in [0, 0.1) is 0 Å². The van der Waals surface area contributed by atoms with Crippen molar-refractivity contribution in [2.45, 2.75) is 0 Å². The molecule has 0 aliphatic rings. The van der Waals surface area contributed by atoms with Crippen LogP contribution in [0.25, 0.3) is 11.1 Å². The summed E-state index contributed by atoms with van der Waals surface area (Å²) in [5.41, 5.74) is 15.1. The zero-order valence-corrected chi connectivity index (χ0v) is 10.5. The molecular formula is C14H14N2O4. The Balaban J connectivity index is 0.000000286. The summed E-state index contributed by atoms with van der Waals surface area (Å²) in [6.07, 6.45) is 0. The van der Waals surface area contributed by atoms with Gasteiger partial charge in [-0.15, -0.1) is 0 Å². The number of hydrogen-bond acceptors (Lipinski definition) is 4. The van der Waals surface area contributed by atoms with Gasteiger partial charge in [-0.2, -0.15) is 0 Å². The van der Waals surface area contributed by atoms with E-state index in [1.54, 1.807) is 0 Å². The molecule has 0 aliphatic heterocycles. The van der Waals surface area contributed by atoms with Crippen LogP contribution in [0.5, 0.6) is 0 Å². The summed E-state index contributed by atoms with van der Waals surface area (Å²) in [5, 5.41) is 14.8. The van der Waals surface area contributed by atoms with E-state index in [4.69, 9.17) is 31.3 Å². The lowest BCUT2D eigenvalue weighted by Gasteiger charge is -2.02. The fraction of sp³-hybridized carbons (Fsp3) is 0. The average molecular weight is 274 g/mol. The molecule has 0 amide bonds. The minimum Gasteiger partial charge on any atom is -0.473 e. The van der Waals surface area contributed by atoms with Crippen LogP contribution >= 0.6 is 0 Å². The largest absolute Gasteiger partial charge is 0.473 e. The van der Waals surface area contributed by atoms with Crippen molar-refractivity contribution < 1.29 is 19.8 Å². The van der Waals surface area contributed by atoms with Crippen molar-refractivity contribution in [3.63, 3.8) is 0 Å². The van der Waals surface area contributed by atoms with Gasteiger partial charge in [0.05, 0.1) is 0 Å². The van der Waals surface area contributed by atoms with Crippen LogP contribution in [0.4, 0.5) is 11.4 Å². The SMILES string of the molecule is Nc1ccc(-c2ccc(N)cc2)cc1.O=C(O)C(=O)O. The third-order valence-corrected chi connectivity index (χ3v) is 2.34. The molecule has 0 heterocycles. The van der Waals surface area contributed by atoms with Gasteiger partial charge in [0.15, 0.2) is 0 Å². The Bertz CT molecular complexity index is 536. The Hall–Kier alpha value is -3.02. The molecule has 20 heavy (non-hydrogen) atoms. The summed E-state index contributed by atoms with van der Waals surface area (Å²) in [4.78, 5) is 18.2. The molecule has 0 aliphatic carbocycles. The highest BCUT2D eigenvalue weighted by molar-refractivity contribution is 6.27. The van der Waals surface area contributed by atoms with Gasteiger partial charge in [0.25, 0.3) is 0 Å². The maximum absolute atomic E-state index is 9.10. The van der Waals surface area contributed by atoms with Crippen molar-refractivity contribution in [3.05, 3.63) is 48.5 Å². The number of rotatable bonds is 1. The van der Waals surface area contributed by atoms with Gasteiger partial charge >= 0.3 is 11.9 Å². The first-order valence-corrected chi connectivity index (χ1v) is 5.58. The molecule has 2 aromatic carbocycles. The molecule has 0 saturated carbocycles. The van der Waals surface area contributed by atoms with Crippen LogP contribution in [0.1, 0.15) is 0 Å². The number of anilines is 2. The smallest absolute Gasteiger partial charge is 0.414 e. The molecule has 2 aromatic rings. The molecular weight excluding hydrogens is 260 g/mol. The number of benzene rings is 2. The number of nitrogen functional groups attached to an aromatic ring is 2. The molecule has 104 valence electrons. The third kappa shape index (κ3) is 4.69. The lowest BCUT2D eigenvalue weighted by molar-refractivity contribution is -0.159. The summed E-state index contributed by atoms with van der Waals surface area (Å²) in [6.45, 7) is 0. The lowest BCUT2D eigenvalue weighted by atomic mass is 10.1. The van der Waals surface area contributed by atoms with E-state index in [0.717, 1.165) is 22.5 Å². The Labute approximate surface area is 115 Å². The summed E-state index contributed by atoms with van der Waals surface area (Å²) in [5.74, 6) is -3.65. The van der Waals surface area contributed by atoms with Gasteiger partial charge in [0.1, 0.15) is 0 Å². The van der Waals surface area contributed by atoms with Crippen molar-refractivity contribution >= 4 is 23.3 Å². The van der Waals surface area contributed by atoms with Crippen molar-refractivity contribution in [2.75, 3.05) is 11.5 Å². The standard InChI is InChI=1S/C12H12N2.C2H2O4/c13-11-5-1-9(2-6-11)10-3-7-12(14)8-4-10;3-1(4)2(5)6/h1-8H,13-14H2;(H,3,4)(H,5,6). The molecule has 6 N–H and O–H groups in total. The van der Waals surface area contributed by atoms with E-state index < -0.39 is 11.9 Å². The maximum atomic E-state index is 9.10. The molecule has 0 bridgehead atoms. The topological polar surface area (TPSA) is 127 Å². The number of carbonyl (C=O) groups is 2. The first-order chi connectivity index (χ1) is 9.40. The molecule has 2 rings (SSSR count). The first-order valence-electron chi connectivity index (χ1n) is 5.58. The molecule has 6 nitrogen and oxygen atoms in total. The second kappa shape index (κ2) is 6.79. The Morgan fingerprint density at radius 2 is 0.900 bits per heavy atom. The van der Waals surface area contributed by atoms with Gasteiger partial charge in [0, 0.05) is 11.4 Å². The average Bonchev–Trinajstić information content (AvgIpc) is 2.41. The lowest BCUT2D eigenvalue weighted by Crippen LogP contribution is -2.09. The van der Waals surface area contributed by atoms with Gasteiger partial charge in [0.2, 0.25) is 0 Å². The zero-order valence-electron chi connectivity index (χ0n) is 10.5. The van der Waals surface area contributed by atoms with E-state index in [-0.39, 0.29) is 0 Å². The van der Waals surface area contributed by atoms with E-state index in [1.165, 1.54) is 0 Å². The van der Waals surface area contributed by atoms with E-state index in [9.17, 15) is 0 Å². The highest BCUT2D eigenvalue weighted by Gasteiger charge is 2.04. The number of carboxylic acids is 2. The normalized spacial score (nSPS) is 9.20. The van der Waals surface area contributed by atoms with Gasteiger partial charge in [-0.1, -0.05) is 24.3 Å². The van der Waals surface area contributed by atoms with E-state index in [2.05, 4.69) is 0 Å². The maximum Gasteiger partial charge on any atom is 0.414 e. The quantitative estimate of drug-likeness (QED) is 0.463. The highest BCUT2D eigenvalue weighted by Crippen LogP contribution is 2.21. The number of hydrogen-bond donors (Lipinski definition) is 4. The second-order valence-corrected chi connectivity index (χ2v) is 3.85. The van der Waals surface area contributed by atoms with E-state index >= 15 is 0 Å². The van der Waals surface area contributed by atoms with Gasteiger partial charge < -0.3 is 21.7 Å². The number of aliphatic carboxylic acids is 2. The molecule has 0 radical (unpaired) electrons. The molecule has 0 saturated heterocycles. The van der Waals surface area contributed by atoms with Gasteiger partial charge in [-0.25, -0.2) is 9.59 Å². The van der Waals surface area contributed by atoms with Gasteiger partial charge in [-0.3, -0.25) is 0 Å². The predicted octanol–water partition coefficient (Wildman–Crippen LogP) is 1.67. The molecule has 0 spiro atoms. The molecule has 6 heteroatoms. The Kier molecular flexibility index (Phi) is 5.11. The van der Waals surface area contributed by atoms with Crippen LogP contribution in [0.15, 0.2) is 48.5 Å². The predicted molar refractivity (Wildman–Crippen MR) is 76.0 cm³/mol. The third-order valence-electron chi connectivity index (χ3n) is 2.34. The van der Waals surface area contributed by atoms with Gasteiger partial charge in [-0.05, 0) is 35.4 Å². The second-order valence-electron chi connectivity index (χ2n) is 3.85. The van der Waals surface area contributed by atoms with Crippen molar-refractivity contribution in [1.29, 1.82) is 0 Å². The van der Waals surface area contributed by atoms with Crippen LogP contribution in [0.3, 0.4) is 0 Å². The van der Waals surface area contributed by atoms with E-state index in [1.807, 2.05) is 48.5 Å². The van der Waals surface area contributed by atoms with Crippen molar-refractivity contribution in [1.82, 2.24) is 0 Å². The zero-order chi connectivity index (χ0) is 15.1. The Morgan fingerprint density at radius 3 is 1.10 bits per heavy atom. The van der Waals surface area contributed by atoms with Crippen molar-refractivity contribution in [2.24, 2.45) is 0 Å². The van der Waals surface area contributed by atoms with Crippen molar-refractivity contribution in [3.8, 4) is 11.1 Å². The number of nitrogens with two attached hydrogens (primary N) is 2. The summed E-state index contributed by atoms with van der Waals surface area (Å²) in [6, 6.07) is 15.6. The molecule has 0 atom stereocenters.